The predicted octanol–water partition coefficient (Wildman–Crippen LogP) is 4.60. The minimum Gasteiger partial charge on any atom is -0.861 e. The van der Waals surface area contributed by atoms with Gasteiger partial charge in [0.2, 0.25) is 0 Å². The van der Waals surface area contributed by atoms with Crippen LogP contribution in [0.1, 0.15) is 48.9 Å². The normalized spacial score (nSPS) is 32.2. The molecule has 0 radical (unpaired) electrons. The zero-order valence-corrected chi connectivity index (χ0v) is 23.5. The summed E-state index contributed by atoms with van der Waals surface area (Å²) < 4.78 is 72.5. The van der Waals surface area contributed by atoms with Gasteiger partial charge in [-0.1, -0.05) is 0 Å². The molecule has 0 N–H and O–H groups in total. The van der Waals surface area contributed by atoms with E-state index in [0.717, 1.165) is 17.1 Å². The van der Waals surface area contributed by atoms with E-state index in [9.17, 15) is 31.5 Å². The fourth-order valence-electron chi connectivity index (χ4n) is 5.76. The standard InChI is InChI=1S/C19H17F3I3NO5S/c20-19(21,22)32(29,30)26-16(28)17-4-9-1-10(5-17)7-18(6-9,8-17)31-15(27)12-2-11(23)3-13(24)14(12)25/h2-3,9-10H,1,4-8H2,(H,26,28)/p-1. The molecule has 4 aliphatic rings. The third-order valence-corrected chi connectivity index (χ3v) is 11.1. The largest absolute Gasteiger partial charge is 0.861 e. The number of ether oxygens (including phenoxy) is 1. The van der Waals surface area contributed by atoms with Crippen LogP contribution in [-0.2, 0) is 14.8 Å². The summed E-state index contributed by atoms with van der Waals surface area (Å²) in [6.45, 7) is 0. The van der Waals surface area contributed by atoms with Gasteiger partial charge in [0, 0.05) is 16.1 Å². The van der Waals surface area contributed by atoms with Gasteiger partial charge in [0.15, 0.2) is 0 Å². The van der Waals surface area contributed by atoms with E-state index in [0.29, 0.717) is 18.4 Å². The Morgan fingerprint density at radius 1 is 1.12 bits per heavy atom. The number of sulfonamides is 1. The summed E-state index contributed by atoms with van der Waals surface area (Å²) in [7, 11) is -5.93. The van der Waals surface area contributed by atoms with Crippen molar-refractivity contribution in [3.05, 3.63) is 28.4 Å². The molecular formula is C19H16F3I3NO5S-. The van der Waals surface area contributed by atoms with E-state index in [-0.39, 0.29) is 31.1 Å². The molecule has 0 heterocycles. The molecule has 4 aliphatic carbocycles. The molecule has 13 heteroatoms. The van der Waals surface area contributed by atoms with Crippen LogP contribution in [0, 0.1) is 28.0 Å². The van der Waals surface area contributed by atoms with Crippen molar-refractivity contribution in [1.29, 1.82) is 0 Å². The highest BCUT2D eigenvalue weighted by Gasteiger charge is 2.60. The molecule has 4 fully saturated rings. The van der Waals surface area contributed by atoms with E-state index in [1.54, 1.807) is 6.07 Å². The van der Waals surface area contributed by atoms with Crippen molar-refractivity contribution in [3.63, 3.8) is 0 Å². The third-order valence-electron chi connectivity index (χ3n) is 6.48. The maximum Gasteiger partial charge on any atom is 0.518 e. The number of hydrogen-bond donors (Lipinski definition) is 0. The lowest BCUT2D eigenvalue weighted by molar-refractivity contribution is -0.250. The van der Waals surface area contributed by atoms with Gasteiger partial charge in [-0.3, -0.25) is 0 Å². The lowest BCUT2D eigenvalue weighted by atomic mass is 9.47. The van der Waals surface area contributed by atoms with Crippen LogP contribution in [-0.4, -0.2) is 31.4 Å². The summed E-state index contributed by atoms with van der Waals surface area (Å²) in [5.41, 5.74) is -7.60. The third kappa shape index (κ3) is 4.52. The van der Waals surface area contributed by atoms with Crippen LogP contribution < -0.4 is 5.11 Å². The second-order valence-electron chi connectivity index (χ2n) is 8.88. The van der Waals surface area contributed by atoms with E-state index >= 15 is 0 Å². The van der Waals surface area contributed by atoms with E-state index in [2.05, 4.69) is 72.2 Å². The predicted molar refractivity (Wildman–Crippen MR) is 132 cm³/mol. The van der Waals surface area contributed by atoms with Crippen molar-refractivity contribution in [2.45, 2.75) is 49.6 Å². The molecule has 4 bridgehead atoms. The second kappa shape index (κ2) is 8.34. The maximum absolute atomic E-state index is 13.1. The van der Waals surface area contributed by atoms with Gasteiger partial charge in [0.05, 0.1) is 5.56 Å². The Morgan fingerprint density at radius 3 is 2.28 bits per heavy atom. The summed E-state index contributed by atoms with van der Waals surface area (Å²) >= 11 is 6.28. The van der Waals surface area contributed by atoms with E-state index < -0.39 is 38.4 Å². The summed E-state index contributed by atoms with van der Waals surface area (Å²) in [6.07, 6.45) is 2.31. The number of esters is 1. The fraction of sp³-hybridized carbons (Fsp3) is 0.579. The molecule has 6 nitrogen and oxygen atoms in total. The average molecular weight is 808 g/mol. The van der Waals surface area contributed by atoms with Gasteiger partial charge < -0.3 is 9.84 Å². The highest BCUT2D eigenvalue weighted by atomic mass is 127. The molecule has 0 spiro atoms. The summed E-state index contributed by atoms with van der Waals surface area (Å²) in [6, 6.07) is 3.63. The molecule has 0 saturated heterocycles. The Kier molecular flexibility index (Phi) is 6.57. The van der Waals surface area contributed by atoms with Crippen molar-refractivity contribution in [2.75, 3.05) is 0 Å². The molecule has 2 unspecified atom stereocenters. The Hall–Kier alpha value is 0.0900. The van der Waals surface area contributed by atoms with Crippen molar-refractivity contribution in [1.82, 2.24) is 0 Å². The average Bonchev–Trinajstić information content (AvgIpc) is 2.61. The molecule has 0 aliphatic heterocycles. The Morgan fingerprint density at radius 2 is 1.72 bits per heavy atom. The number of hydrogen-bond acceptors (Lipinski definition) is 5. The van der Waals surface area contributed by atoms with Gasteiger partial charge in [-0.2, -0.15) is 26.0 Å². The van der Waals surface area contributed by atoms with Crippen molar-refractivity contribution in [3.8, 4) is 0 Å². The smallest absolute Gasteiger partial charge is 0.518 e. The zero-order valence-electron chi connectivity index (χ0n) is 16.2. The first-order chi connectivity index (χ1) is 14.7. The summed E-state index contributed by atoms with van der Waals surface area (Å²) in [4.78, 5) is 13.1. The number of halogens is 6. The Labute approximate surface area is 223 Å². The molecule has 0 amide bonds. The number of benzene rings is 1. The topological polar surface area (TPSA) is 95.9 Å². The first kappa shape index (κ1) is 25.2. The van der Waals surface area contributed by atoms with Crippen LogP contribution in [0.15, 0.2) is 16.5 Å². The van der Waals surface area contributed by atoms with E-state index in [1.165, 1.54) is 0 Å². The van der Waals surface area contributed by atoms with Gasteiger partial charge in [-0.25, -0.2) is 4.79 Å². The number of nitrogens with zero attached hydrogens (tertiary/aromatic N) is 1. The molecular weight excluding hydrogens is 792 g/mol. The molecule has 1 aromatic rings. The van der Waals surface area contributed by atoms with Crippen LogP contribution in [0.4, 0.5) is 13.2 Å². The summed E-state index contributed by atoms with van der Waals surface area (Å²) in [5, 5.41) is 12.8. The Bertz CT molecular complexity index is 1110. The van der Waals surface area contributed by atoms with Crippen molar-refractivity contribution in [2.24, 2.45) is 21.6 Å². The summed E-state index contributed by atoms with van der Waals surface area (Å²) in [5.74, 6) is -1.89. The number of carbonyl (C=O) groups excluding carboxylic acids is 1. The van der Waals surface area contributed by atoms with Gasteiger partial charge in [0.1, 0.15) is 5.60 Å². The minimum absolute atomic E-state index is 0.00789. The quantitative estimate of drug-likeness (QED) is 0.146. The van der Waals surface area contributed by atoms with Crippen LogP contribution in [0.5, 0.6) is 0 Å². The number of alkyl halides is 3. The minimum atomic E-state index is -5.93. The molecule has 0 aromatic heterocycles. The molecule has 176 valence electrons. The van der Waals surface area contributed by atoms with Crippen molar-refractivity contribution < 1.29 is 36.2 Å². The fourth-order valence-corrected chi connectivity index (χ4v) is 8.65. The first-order valence-corrected chi connectivity index (χ1v) is 14.3. The maximum atomic E-state index is 13.1. The highest BCUT2D eigenvalue weighted by molar-refractivity contribution is 14.1. The van der Waals surface area contributed by atoms with Gasteiger partial charge in [-0.05, 0) is 136 Å². The first-order valence-electron chi connectivity index (χ1n) is 9.62. The molecule has 4 saturated carbocycles. The molecule has 5 rings (SSSR count). The SMILES string of the molecule is O=C(OC12CC3CC(C1)CC(/C([O-])=N/S(=O)(=O)C(F)(F)F)(C3)C2)c1cc(I)cc(I)c1I. The monoisotopic (exact) mass is 808 g/mol. The zero-order chi connectivity index (χ0) is 23.7. The molecule has 2 atom stereocenters. The molecule has 1 aromatic carbocycles. The van der Waals surface area contributed by atoms with E-state index in [1.807, 2.05) is 6.07 Å². The van der Waals surface area contributed by atoms with Crippen molar-refractivity contribution >= 4 is 89.7 Å². The van der Waals surface area contributed by atoms with E-state index in [4.69, 9.17) is 4.74 Å². The lowest BCUT2D eigenvalue weighted by Crippen LogP contribution is -2.61. The van der Waals surface area contributed by atoms with Crippen LogP contribution >= 0.6 is 67.8 Å². The van der Waals surface area contributed by atoms with Gasteiger partial charge >= 0.3 is 21.5 Å². The number of carbonyl (C=O) groups is 1. The number of rotatable bonds is 4. The molecule has 32 heavy (non-hydrogen) atoms. The Balaban J connectivity index is 1.67. The van der Waals surface area contributed by atoms with Crippen LogP contribution in [0.25, 0.3) is 0 Å². The highest BCUT2D eigenvalue weighted by Crippen LogP contribution is 2.63. The second-order valence-corrected chi connectivity index (χ2v) is 14.0. The van der Waals surface area contributed by atoms with Gasteiger partial charge in [-0.15, -0.1) is 0 Å². The lowest BCUT2D eigenvalue weighted by Gasteiger charge is -2.62. The van der Waals surface area contributed by atoms with Gasteiger partial charge in [0.25, 0.3) is 0 Å². The van der Waals surface area contributed by atoms with Crippen LogP contribution in [0.3, 0.4) is 0 Å². The van der Waals surface area contributed by atoms with Crippen LogP contribution in [0.2, 0.25) is 0 Å².